The summed E-state index contributed by atoms with van der Waals surface area (Å²) in [6.45, 7) is 7.44. The molecule has 220 valence electrons. The van der Waals surface area contributed by atoms with Crippen LogP contribution in [0.2, 0.25) is 0 Å². The van der Waals surface area contributed by atoms with Crippen molar-refractivity contribution in [1.29, 1.82) is 0 Å². The molecule has 0 unspecified atom stereocenters. The highest BCUT2D eigenvalue weighted by molar-refractivity contribution is 5.99. The lowest BCUT2D eigenvalue weighted by Crippen LogP contribution is -2.58. The van der Waals surface area contributed by atoms with E-state index in [9.17, 15) is 24.3 Å². The Kier molecular flexibility index (Phi) is 7.82. The lowest BCUT2D eigenvalue weighted by Gasteiger charge is -2.40. The van der Waals surface area contributed by atoms with Gasteiger partial charge in [-0.15, -0.1) is 0 Å². The van der Waals surface area contributed by atoms with Crippen molar-refractivity contribution in [3.05, 3.63) is 60.2 Å². The average molecular weight is 566 g/mol. The zero-order chi connectivity index (χ0) is 29.5. The quantitative estimate of drug-likeness (QED) is 0.424. The van der Waals surface area contributed by atoms with Crippen molar-refractivity contribution < 1.29 is 33.8 Å². The first-order valence-corrected chi connectivity index (χ1v) is 14.3. The Morgan fingerprint density at radius 1 is 1.07 bits per heavy atom. The monoisotopic (exact) mass is 565 g/mol. The number of esters is 1. The molecule has 1 aromatic carbocycles. The van der Waals surface area contributed by atoms with Gasteiger partial charge in [0.25, 0.3) is 0 Å². The summed E-state index contributed by atoms with van der Waals surface area (Å²) in [5, 5.41) is 12.8. The van der Waals surface area contributed by atoms with E-state index in [1.165, 1.54) is 4.90 Å². The third-order valence-electron chi connectivity index (χ3n) is 8.49. The molecule has 4 aliphatic rings. The number of β-amino-alcohol motifs (C(OH)–C–C–N with tert-alkyl or cyclic N) is 1. The molecule has 0 aromatic heterocycles. The molecule has 0 aliphatic carbocycles. The van der Waals surface area contributed by atoms with E-state index in [-0.39, 0.29) is 31.4 Å². The van der Waals surface area contributed by atoms with Gasteiger partial charge in [-0.25, -0.2) is 0 Å². The Hall–Kier alpha value is -3.50. The zero-order valence-corrected chi connectivity index (χ0v) is 24.0. The Balaban J connectivity index is 1.60. The van der Waals surface area contributed by atoms with Crippen LogP contribution < -0.4 is 5.32 Å². The standard InChI is InChI=1S/C31H39N3O7/c1-19-25(20-11-6-5-7-12-20)40-29(39)23-21(13-8-9-14-22(36)32-19)41-31-15-10-16-34(30(2,3)4)28(38)26(31)33(17-18-35)27(37)24(23)31/h5-8,10-13,15,19,21,23-26,35H,9,14,16-18H2,1-4H3,(H,32,36)/b13-8-/t19-,21-,23+,24+,25+,26-,31+/m1/s1. The molecular weight excluding hydrogens is 526 g/mol. The van der Waals surface area contributed by atoms with Crippen LogP contribution in [0.25, 0.3) is 0 Å². The first-order valence-electron chi connectivity index (χ1n) is 14.3. The van der Waals surface area contributed by atoms with Crippen LogP contribution in [0.4, 0.5) is 0 Å². The zero-order valence-electron chi connectivity index (χ0n) is 24.0. The van der Waals surface area contributed by atoms with Gasteiger partial charge in [-0.2, -0.15) is 0 Å². The number of benzene rings is 1. The number of hydrogen-bond acceptors (Lipinski definition) is 7. The molecule has 0 saturated carbocycles. The highest BCUT2D eigenvalue weighted by Crippen LogP contribution is 2.53. The van der Waals surface area contributed by atoms with Gasteiger partial charge in [0.05, 0.1) is 24.7 Å². The molecule has 0 radical (unpaired) electrons. The summed E-state index contributed by atoms with van der Waals surface area (Å²) in [4.78, 5) is 58.1. The summed E-state index contributed by atoms with van der Waals surface area (Å²) >= 11 is 0. The fourth-order valence-electron chi connectivity index (χ4n) is 6.66. The Bertz CT molecular complexity index is 1260. The van der Waals surface area contributed by atoms with Crippen molar-refractivity contribution in [1.82, 2.24) is 15.1 Å². The number of amides is 3. The molecule has 10 nitrogen and oxygen atoms in total. The molecule has 10 heteroatoms. The average Bonchev–Trinajstić information content (AvgIpc) is 3.29. The summed E-state index contributed by atoms with van der Waals surface area (Å²) in [5.41, 5.74) is -1.26. The number of likely N-dealkylation sites (tertiary alicyclic amines) is 1. The van der Waals surface area contributed by atoms with Gasteiger partial charge in [-0.05, 0) is 39.7 Å². The van der Waals surface area contributed by atoms with Crippen LogP contribution in [-0.4, -0.2) is 87.6 Å². The van der Waals surface area contributed by atoms with Crippen molar-refractivity contribution in [3.63, 3.8) is 0 Å². The van der Waals surface area contributed by atoms with E-state index in [1.807, 2.05) is 57.2 Å². The molecule has 2 N–H and O–H groups in total. The maximum absolute atomic E-state index is 14.1. The number of rotatable bonds is 3. The number of hydrogen-bond donors (Lipinski definition) is 2. The molecule has 2 saturated heterocycles. The van der Waals surface area contributed by atoms with Gasteiger partial charge in [0, 0.05) is 25.0 Å². The molecule has 2 fully saturated rings. The molecular formula is C31H39N3O7. The predicted octanol–water partition coefficient (Wildman–Crippen LogP) is 1.90. The molecule has 5 rings (SSSR count). The number of ether oxygens (including phenoxy) is 2. The highest BCUT2D eigenvalue weighted by atomic mass is 16.6. The second kappa shape index (κ2) is 11.1. The van der Waals surface area contributed by atoms with E-state index in [0.29, 0.717) is 18.5 Å². The maximum Gasteiger partial charge on any atom is 0.313 e. The molecule has 3 amide bonds. The van der Waals surface area contributed by atoms with E-state index in [4.69, 9.17) is 9.47 Å². The molecule has 4 aliphatic heterocycles. The number of carbonyl (C=O) groups is 4. The first kappa shape index (κ1) is 29.0. The Morgan fingerprint density at radius 2 is 1.80 bits per heavy atom. The van der Waals surface area contributed by atoms with E-state index < -0.39 is 59.1 Å². The second-order valence-corrected chi connectivity index (χ2v) is 12.2. The topological polar surface area (TPSA) is 125 Å². The van der Waals surface area contributed by atoms with Crippen LogP contribution in [0, 0.1) is 11.8 Å². The van der Waals surface area contributed by atoms with E-state index >= 15 is 0 Å². The Labute approximate surface area is 240 Å². The van der Waals surface area contributed by atoms with Gasteiger partial charge < -0.3 is 29.7 Å². The highest BCUT2D eigenvalue weighted by Gasteiger charge is 2.72. The minimum Gasteiger partial charge on any atom is -0.455 e. The number of allylic oxidation sites excluding steroid dienone is 1. The van der Waals surface area contributed by atoms with E-state index in [0.717, 1.165) is 0 Å². The van der Waals surface area contributed by atoms with Crippen molar-refractivity contribution in [3.8, 4) is 0 Å². The third-order valence-corrected chi connectivity index (χ3v) is 8.49. The van der Waals surface area contributed by atoms with Crippen molar-refractivity contribution in [2.24, 2.45) is 11.8 Å². The number of nitrogens with zero attached hydrogens (tertiary/aromatic N) is 2. The molecule has 1 spiro atoms. The van der Waals surface area contributed by atoms with Crippen molar-refractivity contribution >= 4 is 23.7 Å². The van der Waals surface area contributed by atoms with Crippen LogP contribution in [0.1, 0.15) is 52.2 Å². The normalized spacial score (nSPS) is 35.0. The van der Waals surface area contributed by atoms with Gasteiger partial charge in [0.1, 0.15) is 23.7 Å². The van der Waals surface area contributed by atoms with Crippen LogP contribution >= 0.6 is 0 Å². The first-order chi connectivity index (χ1) is 19.5. The Morgan fingerprint density at radius 3 is 2.49 bits per heavy atom. The number of carbonyl (C=O) groups excluding carboxylic acids is 4. The van der Waals surface area contributed by atoms with Gasteiger partial charge in [-0.3, -0.25) is 19.2 Å². The molecule has 4 heterocycles. The molecule has 7 atom stereocenters. The van der Waals surface area contributed by atoms with Gasteiger partial charge in [0.2, 0.25) is 17.7 Å². The van der Waals surface area contributed by atoms with Crippen LogP contribution in [-0.2, 0) is 28.7 Å². The smallest absolute Gasteiger partial charge is 0.313 e. The minimum absolute atomic E-state index is 0.0688. The summed E-state index contributed by atoms with van der Waals surface area (Å²) in [6, 6.07) is 7.56. The number of fused-ring (bicyclic) bond motifs is 2. The molecule has 0 bridgehead atoms. The van der Waals surface area contributed by atoms with Gasteiger partial charge >= 0.3 is 5.97 Å². The molecule has 41 heavy (non-hydrogen) atoms. The van der Waals surface area contributed by atoms with Gasteiger partial charge in [-0.1, -0.05) is 54.6 Å². The summed E-state index contributed by atoms with van der Waals surface area (Å²) in [6.07, 6.45) is 6.04. The number of cyclic esters (lactones) is 1. The van der Waals surface area contributed by atoms with Crippen LogP contribution in [0.3, 0.4) is 0 Å². The van der Waals surface area contributed by atoms with E-state index in [2.05, 4.69) is 5.32 Å². The molecule has 1 aromatic rings. The second-order valence-electron chi connectivity index (χ2n) is 12.2. The predicted molar refractivity (Wildman–Crippen MR) is 149 cm³/mol. The number of nitrogens with one attached hydrogen (secondary N) is 1. The van der Waals surface area contributed by atoms with Crippen molar-refractivity contribution in [2.75, 3.05) is 19.7 Å². The minimum atomic E-state index is -1.43. The fourth-order valence-corrected chi connectivity index (χ4v) is 6.66. The number of aliphatic hydroxyl groups is 1. The van der Waals surface area contributed by atoms with Crippen molar-refractivity contribution in [2.45, 2.75) is 76.0 Å². The van der Waals surface area contributed by atoms with Crippen LogP contribution in [0.5, 0.6) is 0 Å². The maximum atomic E-state index is 14.1. The fraction of sp³-hybridized carbons (Fsp3) is 0.548. The van der Waals surface area contributed by atoms with Gasteiger partial charge in [0.15, 0.2) is 0 Å². The van der Waals surface area contributed by atoms with E-state index in [1.54, 1.807) is 30.1 Å². The SMILES string of the molecule is C[C@H]1NC(=O)CC/C=C\[C@H]2O[C@]34C=CCN(C(C)(C)C)C(=O)[C@H]3N(CCO)C(=O)[C@@H]4[C@H]2C(=O)O[C@@H]1c1ccccc1. The largest absolute Gasteiger partial charge is 0.455 e. The lowest BCUT2D eigenvalue weighted by atomic mass is 9.77. The third kappa shape index (κ3) is 5.08. The summed E-state index contributed by atoms with van der Waals surface area (Å²) in [5.74, 6) is -3.63. The van der Waals surface area contributed by atoms with Crippen LogP contribution in [0.15, 0.2) is 54.6 Å². The summed E-state index contributed by atoms with van der Waals surface area (Å²) < 4.78 is 12.8. The summed E-state index contributed by atoms with van der Waals surface area (Å²) in [7, 11) is 0. The lowest BCUT2D eigenvalue weighted by molar-refractivity contribution is -0.161. The number of aliphatic hydroxyl groups excluding tert-OH is 1.